The highest BCUT2D eigenvalue weighted by molar-refractivity contribution is 9.10. The Bertz CT molecular complexity index is 1180. The van der Waals surface area contributed by atoms with Crippen LogP contribution in [-0.4, -0.2) is 40.2 Å². The molecule has 0 saturated carbocycles. The number of halogens is 3. The van der Waals surface area contributed by atoms with Gasteiger partial charge in [0.1, 0.15) is 6.10 Å². The molecule has 33 heavy (non-hydrogen) atoms. The first-order valence-electron chi connectivity index (χ1n) is 9.89. The summed E-state index contributed by atoms with van der Waals surface area (Å²) in [6.45, 7) is 0.871. The average molecular weight is 572 g/mol. The Labute approximate surface area is 211 Å². The molecule has 1 saturated heterocycles. The number of carbonyl (C=O) groups excluding carboxylic acids is 1. The number of hydrogen-bond acceptors (Lipinski definition) is 7. The van der Waals surface area contributed by atoms with Gasteiger partial charge in [-0.05, 0) is 37.1 Å². The van der Waals surface area contributed by atoms with Gasteiger partial charge in [0, 0.05) is 33.7 Å². The predicted molar refractivity (Wildman–Crippen MR) is 131 cm³/mol. The molecule has 2 aromatic carbocycles. The lowest BCUT2D eigenvalue weighted by atomic mass is 10.1. The molecule has 0 radical (unpaired) electrons. The second-order valence-electron chi connectivity index (χ2n) is 7.28. The first kappa shape index (κ1) is 23.9. The predicted octanol–water partition coefficient (Wildman–Crippen LogP) is 5.86. The summed E-state index contributed by atoms with van der Waals surface area (Å²) in [7, 11) is 0. The maximum Gasteiger partial charge on any atom is 0.294 e. The van der Waals surface area contributed by atoms with E-state index >= 15 is 0 Å². The molecule has 0 spiro atoms. The SMILES string of the molecule is O=C(NN1CCC(O[N+](=O)[O-])CC1)c1nc(-c2ccc(Br)cc2)c(-c2ccc(Cl)cc2Cl)s1. The number of amides is 1. The Morgan fingerprint density at radius 3 is 2.55 bits per heavy atom. The summed E-state index contributed by atoms with van der Waals surface area (Å²) in [6, 6.07) is 12.8. The number of rotatable bonds is 6. The quantitative estimate of drug-likeness (QED) is 0.294. The zero-order chi connectivity index (χ0) is 23.5. The number of nitrogens with zero attached hydrogens (tertiary/aromatic N) is 3. The first-order chi connectivity index (χ1) is 15.8. The molecule has 0 atom stereocenters. The van der Waals surface area contributed by atoms with Gasteiger partial charge in [0.15, 0.2) is 5.01 Å². The van der Waals surface area contributed by atoms with Crippen LogP contribution < -0.4 is 5.43 Å². The highest BCUT2D eigenvalue weighted by Crippen LogP contribution is 2.41. The number of benzene rings is 2. The maximum absolute atomic E-state index is 13.0. The van der Waals surface area contributed by atoms with Crippen LogP contribution in [0, 0.1) is 10.1 Å². The molecule has 0 unspecified atom stereocenters. The van der Waals surface area contributed by atoms with E-state index in [1.807, 2.05) is 30.3 Å². The van der Waals surface area contributed by atoms with E-state index in [2.05, 4.69) is 31.2 Å². The number of hydrogen-bond donors (Lipinski definition) is 1. The van der Waals surface area contributed by atoms with E-state index in [0.717, 1.165) is 20.5 Å². The second kappa shape index (κ2) is 10.4. The average Bonchev–Trinajstić information content (AvgIpc) is 3.20. The molecule has 1 aromatic heterocycles. The Morgan fingerprint density at radius 2 is 1.91 bits per heavy atom. The highest BCUT2D eigenvalue weighted by atomic mass is 79.9. The van der Waals surface area contributed by atoms with E-state index in [-0.39, 0.29) is 10.9 Å². The lowest BCUT2D eigenvalue weighted by Gasteiger charge is -2.30. The summed E-state index contributed by atoms with van der Waals surface area (Å²) in [6.07, 6.45) is 0.416. The Morgan fingerprint density at radius 1 is 1.21 bits per heavy atom. The molecule has 12 heteroatoms. The van der Waals surface area contributed by atoms with Gasteiger partial charge in [0.2, 0.25) is 0 Å². The van der Waals surface area contributed by atoms with Crippen molar-refractivity contribution in [1.82, 2.24) is 15.4 Å². The van der Waals surface area contributed by atoms with Gasteiger partial charge >= 0.3 is 0 Å². The van der Waals surface area contributed by atoms with Crippen LogP contribution in [0.4, 0.5) is 0 Å². The van der Waals surface area contributed by atoms with Crippen LogP contribution in [0.2, 0.25) is 10.0 Å². The monoisotopic (exact) mass is 570 g/mol. The van der Waals surface area contributed by atoms with E-state index in [1.165, 1.54) is 11.3 Å². The standard InChI is InChI=1S/C21H17BrCl2N4O4S/c22-13-3-1-12(2-4-13)18-19(16-6-5-14(23)11-17(16)24)33-21(25-18)20(29)26-27-9-7-15(8-10-27)32-28(30)31/h1-6,11,15H,7-10H2,(H,26,29). The number of thiazole rings is 1. The Hall–Kier alpha value is -2.24. The van der Waals surface area contributed by atoms with Crippen molar-refractivity contribution in [3.63, 3.8) is 0 Å². The molecule has 0 bridgehead atoms. The summed E-state index contributed by atoms with van der Waals surface area (Å²) >= 11 is 17.2. The van der Waals surface area contributed by atoms with Crippen LogP contribution >= 0.6 is 50.5 Å². The van der Waals surface area contributed by atoms with Crippen molar-refractivity contribution in [2.75, 3.05) is 13.1 Å². The second-order valence-corrected chi connectivity index (χ2v) is 10.0. The van der Waals surface area contributed by atoms with Crippen LogP contribution in [0.25, 0.3) is 21.7 Å². The zero-order valence-corrected chi connectivity index (χ0v) is 20.9. The zero-order valence-electron chi connectivity index (χ0n) is 17.0. The van der Waals surface area contributed by atoms with Crippen molar-refractivity contribution < 1.29 is 14.7 Å². The molecule has 1 fully saturated rings. The van der Waals surface area contributed by atoms with Crippen molar-refractivity contribution in [1.29, 1.82) is 0 Å². The van der Waals surface area contributed by atoms with E-state index in [4.69, 9.17) is 23.2 Å². The third-order valence-corrected chi connectivity index (χ3v) is 7.22. The van der Waals surface area contributed by atoms with Crippen LogP contribution in [-0.2, 0) is 4.84 Å². The molecule has 1 aliphatic rings. The van der Waals surface area contributed by atoms with Gasteiger partial charge in [-0.3, -0.25) is 10.2 Å². The fourth-order valence-electron chi connectivity index (χ4n) is 3.46. The van der Waals surface area contributed by atoms with Crippen LogP contribution in [0.3, 0.4) is 0 Å². The number of hydrazine groups is 1. The van der Waals surface area contributed by atoms with Gasteiger partial charge in [-0.25, -0.2) is 9.99 Å². The minimum absolute atomic E-state index is 0.276. The maximum atomic E-state index is 13.0. The molecular formula is C21H17BrCl2N4O4S. The summed E-state index contributed by atoms with van der Waals surface area (Å²) in [5.41, 5.74) is 5.05. The minimum atomic E-state index is -0.776. The molecule has 1 N–H and O–H groups in total. The highest BCUT2D eigenvalue weighted by Gasteiger charge is 2.26. The van der Waals surface area contributed by atoms with Gasteiger partial charge in [-0.2, -0.15) is 0 Å². The molecule has 1 amide bonds. The van der Waals surface area contributed by atoms with Crippen molar-refractivity contribution in [2.24, 2.45) is 0 Å². The molecule has 2 heterocycles. The van der Waals surface area contributed by atoms with Crippen LogP contribution in [0.5, 0.6) is 0 Å². The molecular weight excluding hydrogens is 555 g/mol. The summed E-state index contributed by atoms with van der Waals surface area (Å²) in [4.78, 5) is 33.5. The van der Waals surface area contributed by atoms with Crippen molar-refractivity contribution >= 4 is 56.4 Å². The molecule has 0 aliphatic carbocycles. The Balaban J connectivity index is 1.59. The third kappa shape index (κ3) is 5.82. The van der Waals surface area contributed by atoms with Crippen molar-refractivity contribution in [3.8, 4) is 21.7 Å². The van der Waals surface area contributed by atoms with Gasteiger partial charge in [-0.15, -0.1) is 21.5 Å². The van der Waals surface area contributed by atoms with Crippen LogP contribution in [0.15, 0.2) is 46.9 Å². The minimum Gasteiger partial charge on any atom is -0.310 e. The summed E-state index contributed by atoms with van der Waals surface area (Å²) < 4.78 is 0.926. The molecule has 8 nitrogen and oxygen atoms in total. The fourth-order valence-corrected chi connectivity index (χ4v) is 5.30. The number of piperidine rings is 1. The lowest BCUT2D eigenvalue weighted by molar-refractivity contribution is -0.769. The molecule has 4 rings (SSSR count). The van der Waals surface area contributed by atoms with E-state index in [0.29, 0.717) is 41.7 Å². The van der Waals surface area contributed by atoms with Gasteiger partial charge < -0.3 is 4.84 Å². The number of carbonyl (C=O) groups is 1. The van der Waals surface area contributed by atoms with Gasteiger partial charge in [-0.1, -0.05) is 57.3 Å². The fraction of sp³-hybridized carbons (Fsp3) is 0.238. The van der Waals surface area contributed by atoms with E-state index in [1.54, 1.807) is 17.1 Å². The molecule has 1 aliphatic heterocycles. The third-order valence-electron chi connectivity index (χ3n) is 5.05. The lowest BCUT2D eigenvalue weighted by Crippen LogP contribution is -2.48. The number of aromatic nitrogens is 1. The molecule has 3 aromatic rings. The van der Waals surface area contributed by atoms with Crippen molar-refractivity contribution in [2.45, 2.75) is 18.9 Å². The van der Waals surface area contributed by atoms with Crippen molar-refractivity contribution in [3.05, 3.63) is 72.1 Å². The summed E-state index contributed by atoms with van der Waals surface area (Å²) in [5, 5.41) is 12.7. The topological polar surface area (TPSA) is 97.6 Å². The first-order valence-corrected chi connectivity index (χ1v) is 12.3. The largest absolute Gasteiger partial charge is 0.310 e. The number of nitrogens with one attached hydrogen (secondary N) is 1. The normalized spacial score (nSPS) is 14.8. The van der Waals surface area contributed by atoms with Crippen LogP contribution in [0.1, 0.15) is 22.6 Å². The smallest absolute Gasteiger partial charge is 0.294 e. The summed E-state index contributed by atoms with van der Waals surface area (Å²) in [5.74, 6) is -0.358. The molecule has 172 valence electrons. The van der Waals surface area contributed by atoms with E-state index < -0.39 is 11.2 Å². The van der Waals surface area contributed by atoms with Gasteiger partial charge in [0.25, 0.3) is 11.0 Å². The Kier molecular flexibility index (Phi) is 7.50. The van der Waals surface area contributed by atoms with Gasteiger partial charge in [0.05, 0.1) is 15.6 Å². The van der Waals surface area contributed by atoms with E-state index in [9.17, 15) is 14.9 Å².